The van der Waals surface area contributed by atoms with Gasteiger partial charge in [0.1, 0.15) is 11.2 Å². The molecule has 2 N–H and O–H groups in total. The van der Waals surface area contributed by atoms with Crippen LogP contribution in [0.4, 0.5) is 11.5 Å². The molecule has 0 aliphatic heterocycles. The van der Waals surface area contributed by atoms with Gasteiger partial charge in [0, 0.05) is 10.6 Å². The number of fused-ring (bicyclic) bond motifs is 3. The number of sulfonamides is 1. The van der Waals surface area contributed by atoms with Crippen molar-refractivity contribution in [2.45, 2.75) is 44.4 Å². The zero-order valence-electron chi connectivity index (χ0n) is 19.0. The molecular weight excluding hydrogens is 466 g/mol. The van der Waals surface area contributed by atoms with E-state index in [1.54, 1.807) is 54.1 Å². The van der Waals surface area contributed by atoms with Crippen molar-refractivity contribution in [3.05, 3.63) is 76.4 Å². The van der Waals surface area contributed by atoms with Gasteiger partial charge in [-0.3, -0.25) is 10.1 Å². The number of aryl methyl sites for hydroxylation is 3. The highest BCUT2D eigenvalue weighted by atomic mass is 32.2. The quantitative estimate of drug-likeness (QED) is 0.274. The van der Waals surface area contributed by atoms with E-state index in [1.807, 2.05) is 26.0 Å². The number of thiophene rings is 1. The van der Waals surface area contributed by atoms with Crippen molar-refractivity contribution in [2.75, 3.05) is 10.1 Å². The van der Waals surface area contributed by atoms with Gasteiger partial charge in [0.2, 0.25) is 0 Å². The fraction of sp³-hybridized carbons (Fsp3) is 0.240. The van der Waals surface area contributed by atoms with Gasteiger partial charge in [-0.1, -0.05) is 29.8 Å². The number of anilines is 2. The molecule has 0 saturated carbocycles. The van der Waals surface area contributed by atoms with E-state index in [9.17, 15) is 8.42 Å². The maximum absolute atomic E-state index is 12.6. The largest absolute Gasteiger partial charge is 0.280 e. The molecule has 34 heavy (non-hydrogen) atoms. The Morgan fingerprint density at radius 1 is 1.00 bits per heavy atom. The molecular formula is C25H25N5O2S2. The van der Waals surface area contributed by atoms with Gasteiger partial charge in [-0.15, -0.1) is 11.3 Å². The van der Waals surface area contributed by atoms with Crippen LogP contribution in [0.1, 0.15) is 41.3 Å². The van der Waals surface area contributed by atoms with Crippen LogP contribution in [0.15, 0.2) is 64.9 Å². The lowest BCUT2D eigenvalue weighted by molar-refractivity contribution is 0.601. The molecule has 2 aromatic carbocycles. The van der Waals surface area contributed by atoms with Crippen molar-refractivity contribution in [2.24, 2.45) is 5.10 Å². The Kier molecular flexibility index (Phi) is 6.05. The molecule has 0 amide bonds. The second-order valence-electron chi connectivity index (χ2n) is 8.42. The van der Waals surface area contributed by atoms with E-state index in [-0.39, 0.29) is 4.90 Å². The van der Waals surface area contributed by atoms with Crippen LogP contribution >= 0.6 is 11.3 Å². The van der Waals surface area contributed by atoms with Crippen LogP contribution in [0.5, 0.6) is 0 Å². The lowest BCUT2D eigenvalue weighted by Gasteiger charge is -2.11. The van der Waals surface area contributed by atoms with E-state index >= 15 is 0 Å². The Hall–Kier alpha value is -3.30. The summed E-state index contributed by atoms with van der Waals surface area (Å²) in [4.78, 5) is 11.5. The van der Waals surface area contributed by atoms with Crippen LogP contribution in [0, 0.1) is 6.92 Å². The van der Waals surface area contributed by atoms with Crippen LogP contribution in [-0.2, 0) is 22.9 Å². The number of benzene rings is 2. The summed E-state index contributed by atoms with van der Waals surface area (Å²) < 4.78 is 27.9. The number of hydrogen-bond donors (Lipinski definition) is 2. The Morgan fingerprint density at radius 3 is 2.50 bits per heavy atom. The van der Waals surface area contributed by atoms with Crippen molar-refractivity contribution in [1.82, 2.24) is 9.97 Å². The van der Waals surface area contributed by atoms with Gasteiger partial charge < -0.3 is 0 Å². The van der Waals surface area contributed by atoms with Gasteiger partial charge in [0.05, 0.1) is 16.0 Å². The first-order chi connectivity index (χ1) is 16.4. The Balaban J connectivity index is 1.33. The summed E-state index contributed by atoms with van der Waals surface area (Å²) in [5.41, 5.74) is 7.63. The van der Waals surface area contributed by atoms with E-state index in [0.29, 0.717) is 5.69 Å². The highest BCUT2D eigenvalue weighted by molar-refractivity contribution is 7.92. The predicted octanol–water partition coefficient (Wildman–Crippen LogP) is 5.52. The SMILES string of the molecule is CC(=NNc1ncnc2sc3c(c12)CCCC3)c1ccc(NS(=O)(=O)c2ccc(C)cc2)cc1. The molecule has 0 atom stereocenters. The highest BCUT2D eigenvalue weighted by Gasteiger charge is 2.20. The molecule has 1 aliphatic carbocycles. The van der Waals surface area contributed by atoms with Gasteiger partial charge in [0.15, 0.2) is 5.82 Å². The lowest BCUT2D eigenvalue weighted by atomic mass is 9.97. The van der Waals surface area contributed by atoms with Crippen molar-refractivity contribution < 1.29 is 8.42 Å². The minimum Gasteiger partial charge on any atom is -0.280 e. The van der Waals surface area contributed by atoms with Crippen molar-refractivity contribution in [3.8, 4) is 0 Å². The second-order valence-corrected chi connectivity index (χ2v) is 11.2. The number of hydrogen-bond acceptors (Lipinski definition) is 7. The Morgan fingerprint density at radius 2 is 1.74 bits per heavy atom. The first-order valence-corrected chi connectivity index (χ1v) is 13.5. The summed E-state index contributed by atoms with van der Waals surface area (Å²) in [6, 6.07) is 13.9. The maximum atomic E-state index is 12.6. The molecule has 2 heterocycles. The van der Waals surface area contributed by atoms with Crippen LogP contribution in [0.25, 0.3) is 10.2 Å². The van der Waals surface area contributed by atoms with Crippen LogP contribution in [0.3, 0.4) is 0 Å². The summed E-state index contributed by atoms with van der Waals surface area (Å²) >= 11 is 1.75. The first-order valence-electron chi connectivity index (χ1n) is 11.2. The molecule has 0 bridgehead atoms. The third kappa shape index (κ3) is 4.53. The van der Waals surface area contributed by atoms with Gasteiger partial charge in [0.25, 0.3) is 10.0 Å². The average Bonchev–Trinajstić information content (AvgIpc) is 3.22. The van der Waals surface area contributed by atoms with Crippen molar-refractivity contribution in [3.63, 3.8) is 0 Å². The van der Waals surface area contributed by atoms with Gasteiger partial charge in [-0.2, -0.15) is 5.10 Å². The number of nitrogens with one attached hydrogen (secondary N) is 2. The van der Waals surface area contributed by atoms with Gasteiger partial charge in [-0.25, -0.2) is 18.4 Å². The molecule has 1 aliphatic rings. The standard InChI is InChI=1S/C25H25N5O2S2/c1-16-7-13-20(14-8-16)34(31,32)30-19-11-9-18(10-12-19)17(2)28-29-24-23-21-5-3-4-6-22(21)33-25(23)27-15-26-24/h7-15,30H,3-6H2,1-2H3,(H,26,27,29). The Labute approximate surface area is 203 Å². The summed E-state index contributed by atoms with van der Waals surface area (Å²) in [5, 5.41) is 5.63. The summed E-state index contributed by atoms with van der Waals surface area (Å²) in [7, 11) is -3.64. The molecule has 0 saturated heterocycles. The molecule has 9 heteroatoms. The third-order valence-corrected chi connectivity index (χ3v) is 8.56. The smallest absolute Gasteiger partial charge is 0.261 e. The van der Waals surface area contributed by atoms with Crippen LogP contribution in [-0.4, -0.2) is 24.1 Å². The molecule has 0 unspecified atom stereocenters. The fourth-order valence-electron chi connectivity index (χ4n) is 4.09. The monoisotopic (exact) mass is 491 g/mol. The summed E-state index contributed by atoms with van der Waals surface area (Å²) in [5.74, 6) is 0.728. The molecule has 0 spiro atoms. The van der Waals surface area contributed by atoms with E-state index < -0.39 is 10.0 Å². The molecule has 5 rings (SSSR count). The molecule has 0 radical (unpaired) electrons. The maximum Gasteiger partial charge on any atom is 0.261 e. The average molecular weight is 492 g/mol. The summed E-state index contributed by atoms with van der Waals surface area (Å²) in [6.45, 7) is 3.82. The van der Waals surface area contributed by atoms with E-state index in [0.717, 1.165) is 45.7 Å². The van der Waals surface area contributed by atoms with Crippen LogP contribution < -0.4 is 10.1 Å². The van der Waals surface area contributed by atoms with E-state index in [2.05, 4.69) is 25.2 Å². The first kappa shape index (κ1) is 22.5. The third-order valence-electron chi connectivity index (χ3n) is 5.97. The number of rotatable bonds is 6. The normalized spacial score (nSPS) is 14.1. The van der Waals surface area contributed by atoms with E-state index in [4.69, 9.17) is 0 Å². The van der Waals surface area contributed by atoms with E-state index in [1.165, 1.54) is 23.3 Å². The molecule has 7 nitrogen and oxygen atoms in total. The zero-order chi connectivity index (χ0) is 23.7. The van der Waals surface area contributed by atoms with Crippen molar-refractivity contribution in [1.29, 1.82) is 0 Å². The fourth-order valence-corrected chi connectivity index (χ4v) is 6.37. The molecule has 2 aromatic heterocycles. The number of hydrazone groups is 1. The minimum absolute atomic E-state index is 0.232. The highest BCUT2D eigenvalue weighted by Crippen LogP contribution is 2.38. The predicted molar refractivity (Wildman–Crippen MR) is 138 cm³/mol. The van der Waals surface area contributed by atoms with Gasteiger partial charge in [-0.05, 0) is 74.9 Å². The topological polar surface area (TPSA) is 96.3 Å². The zero-order valence-corrected chi connectivity index (χ0v) is 20.6. The number of nitrogens with zero attached hydrogens (tertiary/aromatic N) is 3. The molecule has 174 valence electrons. The van der Waals surface area contributed by atoms with Crippen LogP contribution in [0.2, 0.25) is 0 Å². The lowest BCUT2D eigenvalue weighted by Crippen LogP contribution is -2.13. The minimum atomic E-state index is -3.64. The Bertz CT molecular complexity index is 1470. The summed E-state index contributed by atoms with van der Waals surface area (Å²) in [6.07, 6.45) is 6.16. The molecule has 4 aromatic rings. The van der Waals surface area contributed by atoms with Crippen molar-refractivity contribution >= 4 is 48.8 Å². The molecule has 0 fully saturated rings. The number of aromatic nitrogens is 2. The second kappa shape index (κ2) is 9.15. The van der Waals surface area contributed by atoms with Gasteiger partial charge >= 0.3 is 0 Å².